The van der Waals surface area contributed by atoms with E-state index in [-0.39, 0.29) is 0 Å². The predicted octanol–water partition coefficient (Wildman–Crippen LogP) is 8.22. The van der Waals surface area contributed by atoms with Gasteiger partial charge in [-0.05, 0) is 96.9 Å². The van der Waals surface area contributed by atoms with Crippen LogP contribution >= 0.6 is 0 Å². The second-order valence-corrected chi connectivity index (χ2v) is 7.62. The minimum absolute atomic E-state index is 0.335. The molecule has 2 N–H and O–H groups in total. The number of allylic oxidation sites excluding steroid dienone is 4. The van der Waals surface area contributed by atoms with Crippen LogP contribution in [0, 0.1) is 11.8 Å². The van der Waals surface area contributed by atoms with E-state index in [0.29, 0.717) is 11.5 Å². The van der Waals surface area contributed by atoms with Crippen LogP contribution in [0.25, 0.3) is 11.1 Å². The van der Waals surface area contributed by atoms with Crippen molar-refractivity contribution in [2.75, 3.05) is 0 Å². The van der Waals surface area contributed by atoms with Gasteiger partial charge in [-0.2, -0.15) is 0 Å². The minimum Gasteiger partial charge on any atom is -0.508 e. The molecular weight excluding hydrogens is 368 g/mol. The average Bonchev–Trinajstić information content (AvgIpc) is 2.83. The Morgan fingerprint density at radius 3 is 1.17 bits per heavy atom. The Balaban J connectivity index is 0.000000757. The van der Waals surface area contributed by atoms with Crippen LogP contribution < -0.4 is 0 Å². The normalized spacial score (nSPS) is 20.5. The van der Waals surface area contributed by atoms with Crippen molar-refractivity contribution in [2.24, 2.45) is 11.8 Å². The summed E-state index contributed by atoms with van der Waals surface area (Å²) in [6, 6.07) is 15.2. The summed E-state index contributed by atoms with van der Waals surface area (Å²) in [5.41, 5.74) is 5.36. The summed E-state index contributed by atoms with van der Waals surface area (Å²) in [5, 5.41) is 18.9. The van der Waals surface area contributed by atoms with Gasteiger partial charge in [-0.1, -0.05) is 64.1 Å². The van der Waals surface area contributed by atoms with Crippen molar-refractivity contribution >= 4 is 11.1 Å². The predicted molar refractivity (Wildman–Crippen MR) is 130 cm³/mol. The highest BCUT2D eigenvalue weighted by atomic mass is 16.3. The summed E-state index contributed by atoms with van der Waals surface area (Å²) in [6.07, 6.45) is 12.0. The zero-order chi connectivity index (χ0) is 21.9. The lowest BCUT2D eigenvalue weighted by atomic mass is 9.73. The second kappa shape index (κ2) is 12.3. The van der Waals surface area contributed by atoms with Crippen LogP contribution in [0.15, 0.2) is 60.7 Å². The molecular formula is C28H38O2. The van der Waals surface area contributed by atoms with Gasteiger partial charge >= 0.3 is 0 Å². The standard InChI is InChI=1S/C24H26O2.2C2H6/c25-23-13-9-21(10-14-23)19-5-1-17(2-6-19)18-3-7-20(8-4-18)22-11-15-24(26)16-12-22;2*1-2/h5,7,9-18,25-26H,1-4,6,8H2;2*1-2H3. The Labute approximate surface area is 183 Å². The highest BCUT2D eigenvalue weighted by Crippen LogP contribution is 2.41. The molecule has 2 aliphatic rings. The third kappa shape index (κ3) is 6.26. The number of aromatic hydroxyl groups is 2. The molecule has 2 unspecified atom stereocenters. The van der Waals surface area contributed by atoms with E-state index in [4.69, 9.17) is 0 Å². The van der Waals surface area contributed by atoms with Crippen LogP contribution in [0.5, 0.6) is 11.5 Å². The van der Waals surface area contributed by atoms with Crippen molar-refractivity contribution in [3.63, 3.8) is 0 Å². The van der Waals surface area contributed by atoms with Crippen LogP contribution in [-0.4, -0.2) is 10.2 Å². The van der Waals surface area contributed by atoms with Gasteiger partial charge in [0.15, 0.2) is 0 Å². The van der Waals surface area contributed by atoms with Crippen molar-refractivity contribution in [2.45, 2.75) is 66.2 Å². The molecule has 0 saturated carbocycles. The smallest absolute Gasteiger partial charge is 0.115 e. The molecule has 2 aliphatic carbocycles. The van der Waals surface area contributed by atoms with E-state index in [1.807, 2.05) is 52.0 Å². The van der Waals surface area contributed by atoms with Crippen molar-refractivity contribution in [1.82, 2.24) is 0 Å². The fourth-order valence-corrected chi connectivity index (χ4v) is 4.44. The molecule has 162 valence electrons. The molecule has 2 heteroatoms. The average molecular weight is 407 g/mol. The highest BCUT2D eigenvalue weighted by molar-refractivity contribution is 5.67. The number of benzene rings is 2. The Morgan fingerprint density at radius 1 is 0.567 bits per heavy atom. The highest BCUT2D eigenvalue weighted by Gasteiger charge is 2.26. The second-order valence-electron chi connectivity index (χ2n) is 7.62. The number of hydrogen-bond acceptors (Lipinski definition) is 2. The van der Waals surface area contributed by atoms with Crippen LogP contribution in [0.1, 0.15) is 77.3 Å². The van der Waals surface area contributed by atoms with Gasteiger partial charge in [-0.3, -0.25) is 0 Å². The van der Waals surface area contributed by atoms with Gasteiger partial charge in [0.25, 0.3) is 0 Å². The molecule has 0 bridgehead atoms. The van der Waals surface area contributed by atoms with Gasteiger partial charge in [-0.25, -0.2) is 0 Å². The molecule has 0 aliphatic heterocycles. The zero-order valence-corrected chi connectivity index (χ0v) is 19.1. The van der Waals surface area contributed by atoms with Crippen molar-refractivity contribution in [1.29, 1.82) is 0 Å². The Morgan fingerprint density at radius 2 is 0.900 bits per heavy atom. The van der Waals surface area contributed by atoms with Gasteiger partial charge in [-0.15, -0.1) is 0 Å². The first kappa shape index (κ1) is 23.8. The Kier molecular flexibility index (Phi) is 9.73. The molecule has 0 heterocycles. The number of hydrogen-bond donors (Lipinski definition) is 2. The summed E-state index contributed by atoms with van der Waals surface area (Å²) in [4.78, 5) is 0. The molecule has 2 atom stereocenters. The van der Waals surface area contributed by atoms with E-state index in [2.05, 4.69) is 12.2 Å². The maximum absolute atomic E-state index is 9.45. The van der Waals surface area contributed by atoms with Crippen LogP contribution in [0.4, 0.5) is 0 Å². The van der Waals surface area contributed by atoms with Gasteiger partial charge in [0, 0.05) is 0 Å². The SMILES string of the molecule is CC.CC.Oc1ccc(C2=CCC(C3CC=C(c4ccc(O)cc4)CC3)CC2)cc1. The molecule has 2 aromatic rings. The Hall–Kier alpha value is -2.48. The lowest BCUT2D eigenvalue weighted by Gasteiger charge is -2.32. The summed E-state index contributed by atoms with van der Waals surface area (Å²) in [5.74, 6) is 2.24. The zero-order valence-electron chi connectivity index (χ0n) is 19.1. The maximum atomic E-state index is 9.45. The Bertz CT molecular complexity index is 741. The molecule has 0 fully saturated rings. The van der Waals surface area contributed by atoms with E-state index in [0.717, 1.165) is 24.7 Å². The third-order valence-electron chi connectivity index (χ3n) is 6.05. The molecule has 0 spiro atoms. The lowest BCUT2D eigenvalue weighted by molar-refractivity contribution is 0.292. The van der Waals surface area contributed by atoms with Crippen molar-refractivity contribution < 1.29 is 10.2 Å². The fraction of sp³-hybridized carbons (Fsp3) is 0.429. The van der Waals surface area contributed by atoms with Crippen molar-refractivity contribution in [3.05, 3.63) is 71.8 Å². The molecule has 0 aromatic heterocycles. The van der Waals surface area contributed by atoms with E-state index in [1.165, 1.54) is 48.0 Å². The molecule has 0 amide bonds. The van der Waals surface area contributed by atoms with Crippen molar-refractivity contribution in [3.8, 4) is 11.5 Å². The van der Waals surface area contributed by atoms with Gasteiger partial charge < -0.3 is 10.2 Å². The first-order chi connectivity index (χ1) is 14.7. The van der Waals surface area contributed by atoms with E-state index < -0.39 is 0 Å². The van der Waals surface area contributed by atoms with E-state index >= 15 is 0 Å². The molecule has 2 aromatic carbocycles. The van der Waals surface area contributed by atoms with Crippen LogP contribution in [0.2, 0.25) is 0 Å². The summed E-state index contributed by atoms with van der Waals surface area (Å²) >= 11 is 0. The molecule has 4 rings (SSSR count). The molecule has 0 radical (unpaired) electrons. The summed E-state index contributed by atoms with van der Waals surface area (Å²) in [6.45, 7) is 8.00. The minimum atomic E-state index is 0.335. The first-order valence-electron chi connectivity index (χ1n) is 11.7. The molecule has 0 saturated heterocycles. The topological polar surface area (TPSA) is 40.5 Å². The van der Waals surface area contributed by atoms with E-state index in [1.54, 1.807) is 24.3 Å². The lowest BCUT2D eigenvalue weighted by Crippen LogP contribution is -2.19. The molecule has 30 heavy (non-hydrogen) atoms. The largest absolute Gasteiger partial charge is 0.508 e. The monoisotopic (exact) mass is 406 g/mol. The first-order valence-corrected chi connectivity index (χ1v) is 11.7. The maximum Gasteiger partial charge on any atom is 0.115 e. The van der Waals surface area contributed by atoms with Gasteiger partial charge in [0.05, 0.1) is 0 Å². The number of phenolic OH excluding ortho intramolecular Hbond substituents is 2. The number of rotatable bonds is 3. The van der Waals surface area contributed by atoms with Gasteiger partial charge in [0.2, 0.25) is 0 Å². The van der Waals surface area contributed by atoms with Crippen LogP contribution in [-0.2, 0) is 0 Å². The third-order valence-corrected chi connectivity index (χ3v) is 6.05. The van der Waals surface area contributed by atoms with Crippen LogP contribution in [0.3, 0.4) is 0 Å². The van der Waals surface area contributed by atoms with Gasteiger partial charge in [0.1, 0.15) is 11.5 Å². The summed E-state index contributed by atoms with van der Waals surface area (Å²) in [7, 11) is 0. The number of phenols is 2. The fourth-order valence-electron chi connectivity index (χ4n) is 4.44. The van der Waals surface area contributed by atoms with E-state index in [9.17, 15) is 10.2 Å². The molecule has 2 nitrogen and oxygen atoms in total. The summed E-state index contributed by atoms with van der Waals surface area (Å²) < 4.78 is 0. The quantitative estimate of drug-likeness (QED) is 0.539.